The second-order valence-electron chi connectivity index (χ2n) is 2.83. The Morgan fingerprint density at radius 3 is 2.81 bits per heavy atom. The number of aromatic nitrogens is 3. The predicted molar refractivity (Wildman–Crippen MR) is 54.0 cm³/mol. The third-order valence-corrected chi connectivity index (χ3v) is 1.79. The van der Waals surface area contributed by atoms with Crippen LogP contribution in [0.3, 0.4) is 0 Å². The summed E-state index contributed by atoms with van der Waals surface area (Å²) in [4.78, 5) is 14.6. The summed E-state index contributed by atoms with van der Waals surface area (Å²) in [5.41, 5.74) is 0.358. The largest absolute Gasteiger partial charge is 0.478 e. The zero-order valence-corrected chi connectivity index (χ0v) is 8.03. The van der Waals surface area contributed by atoms with Crippen LogP contribution in [0.15, 0.2) is 40.8 Å². The number of carboxylic acids is 1. The van der Waals surface area contributed by atoms with Crippen molar-refractivity contribution in [2.24, 2.45) is 10.2 Å². The summed E-state index contributed by atoms with van der Waals surface area (Å²) in [6, 6.07) is 6.32. The van der Waals surface area contributed by atoms with E-state index in [-0.39, 0.29) is 17.2 Å². The van der Waals surface area contributed by atoms with Crippen molar-refractivity contribution in [3.05, 3.63) is 36.2 Å². The summed E-state index contributed by atoms with van der Waals surface area (Å²) in [7, 11) is 0. The number of benzene rings is 1. The van der Waals surface area contributed by atoms with E-state index in [9.17, 15) is 4.79 Å². The van der Waals surface area contributed by atoms with E-state index < -0.39 is 5.97 Å². The summed E-state index contributed by atoms with van der Waals surface area (Å²) in [5.74, 6) is -0.827. The van der Waals surface area contributed by atoms with Gasteiger partial charge in [-0.2, -0.15) is 10.1 Å². The van der Waals surface area contributed by atoms with E-state index in [1.807, 2.05) is 0 Å². The number of aromatic carboxylic acids is 1. The standard InChI is InChI=1S/C9H7N5O2/c15-8(16)6-3-1-2-4-7(6)12-14-9-10-5-11-13-9/h1-5H,(H,15,16)(H,10,11,13). The molecule has 0 bridgehead atoms. The molecule has 2 N–H and O–H groups in total. The first-order valence-corrected chi connectivity index (χ1v) is 4.37. The van der Waals surface area contributed by atoms with Crippen molar-refractivity contribution in [1.29, 1.82) is 0 Å². The van der Waals surface area contributed by atoms with Gasteiger partial charge >= 0.3 is 5.97 Å². The SMILES string of the molecule is O=C(O)c1ccccc1N=Nc1ncn[nH]1. The Bertz CT molecular complexity index is 520. The number of aromatic amines is 1. The van der Waals surface area contributed by atoms with E-state index in [0.29, 0.717) is 0 Å². The molecule has 7 heteroatoms. The fourth-order valence-corrected chi connectivity index (χ4v) is 1.09. The molecule has 0 unspecified atom stereocenters. The van der Waals surface area contributed by atoms with Gasteiger partial charge in [-0.1, -0.05) is 12.1 Å². The van der Waals surface area contributed by atoms with Crippen LogP contribution in [0.1, 0.15) is 10.4 Å². The molecule has 2 aromatic rings. The highest BCUT2D eigenvalue weighted by Gasteiger charge is 2.07. The minimum Gasteiger partial charge on any atom is -0.478 e. The van der Waals surface area contributed by atoms with Crippen LogP contribution in [0.4, 0.5) is 11.6 Å². The van der Waals surface area contributed by atoms with E-state index in [4.69, 9.17) is 5.11 Å². The first-order chi connectivity index (χ1) is 7.77. The molecule has 1 aromatic heterocycles. The van der Waals surface area contributed by atoms with Crippen molar-refractivity contribution in [2.45, 2.75) is 0 Å². The van der Waals surface area contributed by atoms with Gasteiger partial charge in [0.25, 0.3) is 5.95 Å². The Hall–Kier alpha value is -2.57. The monoisotopic (exact) mass is 217 g/mol. The highest BCUT2D eigenvalue weighted by molar-refractivity contribution is 5.93. The average Bonchev–Trinajstić information content (AvgIpc) is 2.79. The summed E-state index contributed by atoms with van der Waals surface area (Å²) < 4.78 is 0. The van der Waals surface area contributed by atoms with Crippen molar-refractivity contribution in [3.8, 4) is 0 Å². The van der Waals surface area contributed by atoms with E-state index in [1.54, 1.807) is 18.2 Å². The molecule has 0 fully saturated rings. The zero-order chi connectivity index (χ0) is 11.4. The molecule has 1 heterocycles. The number of nitrogens with one attached hydrogen (secondary N) is 1. The molecule has 0 radical (unpaired) electrons. The Morgan fingerprint density at radius 2 is 2.12 bits per heavy atom. The molecule has 0 aliphatic rings. The lowest BCUT2D eigenvalue weighted by Crippen LogP contribution is -1.95. The van der Waals surface area contributed by atoms with Gasteiger partial charge < -0.3 is 5.11 Å². The maximum Gasteiger partial charge on any atom is 0.337 e. The molecule has 0 spiro atoms. The number of carbonyl (C=O) groups is 1. The summed E-state index contributed by atoms with van der Waals surface area (Å²) >= 11 is 0. The second kappa shape index (κ2) is 4.30. The molecular weight excluding hydrogens is 210 g/mol. The fraction of sp³-hybridized carbons (Fsp3) is 0. The quantitative estimate of drug-likeness (QED) is 0.766. The number of hydrogen-bond acceptors (Lipinski definition) is 5. The van der Waals surface area contributed by atoms with Gasteiger partial charge in [-0.3, -0.25) is 0 Å². The van der Waals surface area contributed by atoms with Gasteiger partial charge in [0.2, 0.25) is 0 Å². The number of hydrogen-bond donors (Lipinski definition) is 2. The maximum absolute atomic E-state index is 10.8. The Kier molecular flexibility index (Phi) is 2.68. The van der Waals surface area contributed by atoms with E-state index in [0.717, 1.165) is 0 Å². The first kappa shape index (κ1) is 9.97. The minimum absolute atomic E-state index is 0.0887. The Labute approximate surface area is 89.9 Å². The van der Waals surface area contributed by atoms with Crippen molar-refractivity contribution in [3.63, 3.8) is 0 Å². The number of azo groups is 1. The summed E-state index contributed by atoms with van der Waals surface area (Å²) in [6.45, 7) is 0. The fourth-order valence-electron chi connectivity index (χ4n) is 1.09. The van der Waals surface area contributed by atoms with E-state index in [2.05, 4.69) is 25.4 Å². The maximum atomic E-state index is 10.8. The average molecular weight is 217 g/mol. The highest BCUT2D eigenvalue weighted by atomic mass is 16.4. The smallest absolute Gasteiger partial charge is 0.337 e. The molecule has 0 atom stereocenters. The number of nitrogens with zero attached hydrogens (tertiary/aromatic N) is 4. The molecular formula is C9H7N5O2. The number of H-pyrrole nitrogens is 1. The molecule has 0 amide bonds. The lowest BCUT2D eigenvalue weighted by Gasteiger charge is -1.97. The van der Waals surface area contributed by atoms with Gasteiger partial charge in [0.05, 0.1) is 5.56 Å². The van der Waals surface area contributed by atoms with Crippen LogP contribution in [-0.4, -0.2) is 26.3 Å². The third kappa shape index (κ3) is 2.08. The third-order valence-electron chi connectivity index (χ3n) is 1.79. The lowest BCUT2D eigenvalue weighted by molar-refractivity contribution is 0.0698. The van der Waals surface area contributed by atoms with Crippen molar-refractivity contribution >= 4 is 17.6 Å². The number of carboxylic acid groups (broad SMARTS) is 1. The molecule has 0 saturated carbocycles. The van der Waals surface area contributed by atoms with Gasteiger partial charge in [-0.15, -0.1) is 10.2 Å². The Morgan fingerprint density at radius 1 is 1.31 bits per heavy atom. The highest BCUT2D eigenvalue weighted by Crippen LogP contribution is 2.20. The van der Waals surface area contributed by atoms with Gasteiger partial charge in [-0.05, 0) is 12.1 Å². The summed E-state index contributed by atoms with van der Waals surface area (Å²) in [6.07, 6.45) is 1.29. The summed E-state index contributed by atoms with van der Waals surface area (Å²) in [5, 5.41) is 22.5. The second-order valence-corrected chi connectivity index (χ2v) is 2.83. The number of rotatable bonds is 3. The predicted octanol–water partition coefficient (Wildman–Crippen LogP) is 1.92. The van der Waals surface area contributed by atoms with Crippen LogP contribution in [0.2, 0.25) is 0 Å². The van der Waals surface area contributed by atoms with Crippen LogP contribution in [-0.2, 0) is 0 Å². The van der Waals surface area contributed by atoms with Crippen molar-refractivity contribution in [1.82, 2.24) is 15.2 Å². The topological polar surface area (TPSA) is 104 Å². The van der Waals surface area contributed by atoms with Crippen LogP contribution >= 0.6 is 0 Å². The van der Waals surface area contributed by atoms with Crippen molar-refractivity contribution in [2.75, 3.05) is 0 Å². The van der Waals surface area contributed by atoms with Crippen molar-refractivity contribution < 1.29 is 9.90 Å². The van der Waals surface area contributed by atoms with Gasteiger partial charge in [0.1, 0.15) is 12.0 Å². The van der Waals surface area contributed by atoms with E-state index >= 15 is 0 Å². The Balaban J connectivity index is 2.31. The zero-order valence-electron chi connectivity index (χ0n) is 8.03. The molecule has 80 valence electrons. The molecule has 2 rings (SSSR count). The van der Waals surface area contributed by atoms with Crippen LogP contribution < -0.4 is 0 Å². The molecule has 16 heavy (non-hydrogen) atoms. The molecule has 1 aromatic carbocycles. The van der Waals surface area contributed by atoms with Gasteiger partial charge in [-0.25, -0.2) is 9.89 Å². The molecule has 0 saturated heterocycles. The van der Waals surface area contributed by atoms with Gasteiger partial charge in [0, 0.05) is 0 Å². The van der Waals surface area contributed by atoms with E-state index in [1.165, 1.54) is 12.4 Å². The van der Waals surface area contributed by atoms with Gasteiger partial charge in [0.15, 0.2) is 0 Å². The van der Waals surface area contributed by atoms with Crippen LogP contribution in [0, 0.1) is 0 Å². The minimum atomic E-state index is -1.05. The van der Waals surface area contributed by atoms with Crippen LogP contribution in [0.5, 0.6) is 0 Å². The molecule has 0 aliphatic carbocycles. The first-order valence-electron chi connectivity index (χ1n) is 4.37. The van der Waals surface area contributed by atoms with Crippen LogP contribution in [0.25, 0.3) is 0 Å². The molecule has 0 aliphatic heterocycles. The molecule has 7 nitrogen and oxygen atoms in total. The normalized spacial score (nSPS) is 10.8. The lowest BCUT2D eigenvalue weighted by atomic mass is 10.2.